The quantitative estimate of drug-likeness (QED) is 0.647. The van der Waals surface area contributed by atoms with Crippen LogP contribution in [0.1, 0.15) is 11.5 Å². The third-order valence-electron chi connectivity index (χ3n) is 2.77. The van der Waals surface area contributed by atoms with Gasteiger partial charge in [-0.05, 0) is 5.56 Å². The molecule has 1 heterocycles. The average molecular weight is 207 g/mol. The number of benzene rings is 1. The molecule has 0 bridgehead atoms. The molecule has 1 aromatic carbocycles. The van der Waals surface area contributed by atoms with Crippen LogP contribution in [0, 0.1) is 0 Å². The highest BCUT2D eigenvalue weighted by atomic mass is 16.4. The number of aliphatic carboxylic acids is 1. The smallest absolute Gasteiger partial charge is 0.321 e. The second-order valence-electron chi connectivity index (χ2n) is 3.73. The first kappa shape index (κ1) is 10.1. The SMILES string of the molecule is O=C(O)[C@H]1NC[C@H](O)[C@H]1c1ccccc1. The van der Waals surface area contributed by atoms with Gasteiger partial charge in [-0.1, -0.05) is 30.3 Å². The second kappa shape index (κ2) is 4.00. The molecule has 80 valence electrons. The summed E-state index contributed by atoms with van der Waals surface area (Å²) < 4.78 is 0. The number of carboxylic acids is 1. The maximum Gasteiger partial charge on any atom is 0.321 e. The van der Waals surface area contributed by atoms with E-state index < -0.39 is 18.1 Å². The summed E-state index contributed by atoms with van der Waals surface area (Å²) >= 11 is 0. The van der Waals surface area contributed by atoms with Crippen molar-refractivity contribution in [1.82, 2.24) is 5.32 Å². The zero-order valence-electron chi connectivity index (χ0n) is 8.13. The molecule has 1 aromatic rings. The molecule has 1 saturated heterocycles. The maximum atomic E-state index is 11.0. The number of hydrogen-bond acceptors (Lipinski definition) is 3. The van der Waals surface area contributed by atoms with Gasteiger partial charge in [0.25, 0.3) is 0 Å². The van der Waals surface area contributed by atoms with Gasteiger partial charge in [0.05, 0.1) is 6.10 Å². The highest BCUT2D eigenvalue weighted by molar-refractivity contribution is 5.75. The molecule has 4 heteroatoms. The fraction of sp³-hybridized carbons (Fsp3) is 0.364. The molecule has 3 atom stereocenters. The summed E-state index contributed by atoms with van der Waals surface area (Å²) in [6.45, 7) is 0.330. The second-order valence-corrected chi connectivity index (χ2v) is 3.73. The Balaban J connectivity index is 2.29. The molecule has 3 N–H and O–H groups in total. The molecular formula is C11H13NO3. The molecule has 0 spiro atoms. The monoisotopic (exact) mass is 207 g/mol. The molecule has 2 rings (SSSR count). The third-order valence-corrected chi connectivity index (χ3v) is 2.77. The standard InChI is InChI=1S/C11H13NO3/c13-8-6-12-10(11(14)15)9(8)7-4-2-1-3-5-7/h1-5,8-10,12-13H,6H2,(H,14,15)/t8-,9+,10-/m0/s1. The van der Waals surface area contributed by atoms with E-state index in [4.69, 9.17) is 5.11 Å². The van der Waals surface area contributed by atoms with Gasteiger partial charge in [0.1, 0.15) is 6.04 Å². The van der Waals surface area contributed by atoms with Gasteiger partial charge in [-0.3, -0.25) is 4.79 Å². The number of aliphatic hydroxyl groups is 1. The molecule has 1 aliphatic rings. The minimum absolute atomic E-state index is 0.330. The summed E-state index contributed by atoms with van der Waals surface area (Å²) in [7, 11) is 0. The van der Waals surface area contributed by atoms with Crippen LogP contribution in [0.3, 0.4) is 0 Å². The van der Waals surface area contributed by atoms with Crippen LogP contribution in [-0.4, -0.2) is 34.9 Å². The van der Waals surface area contributed by atoms with Gasteiger partial charge in [0.15, 0.2) is 0 Å². The number of carboxylic acid groups (broad SMARTS) is 1. The summed E-state index contributed by atoms with van der Waals surface area (Å²) in [5, 5.41) is 21.5. The Bertz CT molecular complexity index is 352. The van der Waals surface area contributed by atoms with Gasteiger partial charge in [-0.25, -0.2) is 0 Å². The van der Waals surface area contributed by atoms with Gasteiger partial charge in [0.2, 0.25) is 0 Å². The number of carbonyl (C=O) groups is 1. The summed E-state index contributed by atoms with van der Waals surface area (Å²) in [5.74, 6) is -1.27. The zero-order chi connectivity index (χ0) is 10.8. The Morgan fingerprint density at radius 2 is 2.00 bits per heavy atom. The van der Waals surface area contributed by atoms with Crippen molar-refractivity contribution in [2.45, 2.75) is 18.1 Å². The van der Waals surface area contributed by atoms with Crippen LogP contribution in [0.15, 0.2) is 30.3 Å². The first-order chi connectivity index (χ1) is 7.20. The van der Waals surface area contributed by atoms with Crippen LogP contribution in [0.4, 0.5) is 0 Å². The Kier molecular flexibility index (Phi) is 2.70. The number of β-amino-alcohol motifs (C(OH)–C–C–N with tert-alkyl or cyclic N) is 1. The minimum atomic E-state index is -0.916. The predicted octanol–water partition coefficient (Wildman–Crippen LogP) is 0.187. The normalized spacial score (nSPS) is 30.3. The van der Waals surface area contributed by atoms with Crippen molar-refractivity contribution in [3.63, 3.8) is 0 Å². The maximum absolute atomic E-state index is 11.0. The van der Waals surface area contributed by atoms with E-state index in [0.29, 0.717) is 6.54 Å². The third kappa shape index (κ3) is 1.86. The zero-order valence-corrected chi connectivity index (χ0v) is 8.13. The van der Waals surface area contributed by atoms with Gasteiger partial charge >= 0.3 is 5.97 Å². The fourth-order valence-electron chi connectivity index (χ4n) is 2.05. The first-order valence-corrected chi connectivity index (χ1v) is 4.89. The van der Waals surface area contributed by atoms with E-state index in [0.717, 1.165) is 5.56 Å². The lowest BCUT2D eigenvalue weighted by atomic mass is 9.90. The molecule has 1 fully saturated rings. The topological polar surface area (TPSA) is 69.6 Å². The van der Waals surface area contributed by atoms with E-state index in [1.165, 1.54) is 0 Å². The first-order valence-electron chi connectivity index (χ1n) is 4.89. The number of hydrogen-bond donors (Lipinski definition) is 3. The van der Waals surface area contributed by atoms with E-state index in [1.54, 1.807) is 0 Å². The number of nitrogens with one attached hydrogen (secondary N) is 1. The van der Waals surface area contributed by atoms with Crippen LogP contribution in [0.2, 0.25) is 0 Å². The lowest BCUT2D eigenvalue weighted by Crippen LogP contribution is -2.35. The molecule has 4 nitrogen and oxygen atoms in total. The van der Waals surface area contributed by atoms with Crippen LogP contribution < -0.4 is 5.32 Å². The summed E-state index contributed by atoms with van der Waals surface area (Å²) in [6.07, 6.45) is -0.631. The van der Waals surface area contributed by atoms with Crippen molar-refractivity contribution in [3.8, 4) is 0 Å². The lowest BCUT2D eigenvalue weighted by Gasteiger charge is -2.18. The summed E-state index contributed by atoms with van der Waals surface area (Å²) in [5.41, 5.74) is 0.863. The molecule has 0 aromatic heterocycles. The van der Waals surface area contributed by atoms with Gasteiger partial charge in [-0.15, -0.1) is 0 Å². The molecular weight excluding hydrogens is 194 g/mol. The largest absolute Gasteiger partial charge is 0.480 e. The van der Waals surface area contributed by atoms with Crippen molar-refractivity contribution < 1.29 is 15.0 Å². The van der Waals surface area contributed by atoms with Gasteiger partial charge in [0, 0.05) is 12.5 Å². The summed E-state index contributed by atoms with van der Waals surface area (Å²) in [4.78, 5) is 11.0. The van der Waals surface area contributed by atoms with Crippen molar-refractivity contribution in [1.29, 1.82) is 0 Å². The van der Waals surface area contributed by atoms with Crippen molar-refractivity contribution in [2.75, 3.05) is 6.54 Å². The number of aliphatic hydroxyl groups excluding tert-OH is 1. The van der Waals surface area contributed by atoms with Crippen molar-refractivity contribution in [3.05, 3.63) is 35.9 Å². The Hall–Kier alpha value is -1.39. The predicted molar refractivity (Wildman–Crippen MR) is 54.6 cm³/mol. The van der Waals surface area contributed by atoms with E-state index >= 15 is 0 Å². The van der Waals surface area contributed by atoms with E-state index in [2.05, 4.69) is 5.32 Å². The fourth-order valence-corrected chi connectivity index (χ4v) is 2.05. The van der Waals surface area contributed by atoms with E-state index in [1.807, 2.05) is 30.3 Å². The molecule has 0 radical (unpaired) electrons. The van der Waals surface area contributed by atoms with Crippen molar-refractivity contribution >= 4 is 5.97 Å². The summed E-state index contributed by atoms with van der Waals surface area (Å²) in [6, 6.07) is 8.56. The molecule has 0 amide bonds. The van der Waals surface area contributed by atoms with Crippen LogP contribution in [0.5, 0.6) is 0 Å². The highest BCUT2D eigenvalue weighted by Crippen LogP contribution is 2.27. The van der Waals surface area contributed by atoms with Crippen LogP contribution in [-0.2, 0) is 4.79 Å². The average Bonchev–Trinajstić information content (AvgIpc) is 2.61. The molecule has 15 heavy (non-hydrogen) atoms. The number of rotatable bonds is 2. The molecule has 0 aliphatic carbocycles. The van der Waals surface area contributed by atoms with E-state index in [9.17, 15) is 9.90 Å². The van der Waals surface area contributed by atoms with Crippen LogP contribution in [0.25, 0.3) is 0 Å². The Morgan fingerprint density at radius 3 is 2.60 bits per heavy atom. The Morgan fingerprint density at radius 1 is 1.33 bits per heavy atom. The Labute approximate surface area is 87.6 Å². The minimum Gasteiger partial charge on any atom is -0.480 e. The molecule has 0 unspecified atom stereocenters. The molecule has 1 aliphatic heterocycles. The lowest BCUT2D eigenvalue weighted by molar-refractivity contribution is -0.139. The highest BCUT2D eigenvalue weighted by Gasteiger charge is 2.39. The molecule has 0 saturated carbocycles. The van der Waals surface area contributed by atoms with Gasteiger partial charge in [-0.2, -0.15) is 0 Å². The van der Waals surface area contributed by atoms with Gasteiger partial charge < -0.3 is 15.5 Å². The van der Waals surface area contributed by atoms with Crippen molar-refractivity contribution in [2.24, 2.45) is 0 Å². The van der Waals surface area contributed by atoms with E-state index in [-0.39, 0.29) is 5.92 Å². The van der Waals surface area contributed by atoms with Crippen LogP contribution >= 0.6 is 0 Å².